The van der Waals surface area contributed by atoms with Crippen LogP contribution < -0.4 is 15.4 Å². The molecule has 1 aromatic heterocycles. The molecule has 0 amide bonds. The Labute approximate surface area is 189 Å². The lowest BCUT2D eigenvalue weighted by Gasteiger charge is -2.21. The Bertz CT molecular complexity index is 950. The van der Waals surface area contributed by atoms with Gasteiger partial charge in [-0.2, -0.15) is 0 Å². The predicted molar refractivity (Wildman–Crippen MR) is 133 cm³/mol. The molecular formula is C24H32N4O2S. The highest BCUT2D eigenvalue weighted by Crippen LogP contribution is 2.34. The summed E-state index contributed by atoms with van der Waals surface area (Å²) >= 11 is 5.26. The summed E-state index contributed by atoms with van der Waals surface area (Å²) in [6.45, 7) is 9.64. The summed E-state index contributed by atoms with van der Waals surface area (Å²) in [5, 5.41) is 17.7. The first kappa shape index (κ1) is 23.2. The number of rotatable bonds is 12. The molecule has 1 heterocycles. The van der Waals surface area contributed by atoms with E-state index in [1.165, 1.54) is 0 Å². The number of aromatic nitrogens is 1. The number of aliphatic hydroxyl groups is 1. The first-order chi connectivity index (χ1) is 15.1. The minimum absolute atomic E-state index is 0.233. The van der Waals surface area contributed by atoms with Crippen molar-refractivity contribution in [1.82, 2.24) is 20.5 Å². The fraction of sp³-hybridized carbons (Fsp3) is 0.375. The molecule has 0 spiro atoms. The van der Waals surface area contributed by atoms with E-state index in [0.29, 0.717) is 13.1 Å². The molecular weight excluding hydrogens is 408 g/mol. The maximum Gasteiger partial charge on any atom is 0.129 e. The van der Waals surface area contributed by atoms with E-state index >= 15 is 0 Å². The molecule has 0 bridgehead atoms. The Balaban J connectivity index is 1.48. The summed E-state index contributed by atoms with van der Waals surface area (Å²) in [6, 6.07) is 5.97. The number of benzene rings is 1. The molecule has 6 nitrogen and oxygen atoms in total. The summed E-state index contributed by atoms with van der Waals surface area (Å²) in [7, 11) is 0. The lowest BCUT2D eigenvalue weighted by Crippen LogP contribution is -2.40. The van der Waals surface area contributed by atoms with Crippen molar-refractivity contribution in [1.29, 1.82) is 0 Å². The number of likely N-dealkylation sites (N-methyl/N-ethyl adjacent to an activating group) is 1. The van der Waals surface area contributed by atoms with Crippen molar-refractivity contribution in [2.45, 2.75) is 19.4 Å². The van der Waals surface area contributed by atoms with Crippen molar-refractivity contribution in [2.24, 2.45) is 0 Å². The zero-order chi connectivity index (χ0) is 22.1. The highest BCUT2D eigenvalue weighted by molar-refractivity contribution is 7.80. The lowest BCUT2D eigenvalue weighted by atomic mass is 10.1. The van der Waals surface area contributed by atoms with Crippen LogP contribution in [0.4, 0.5) is 0 Å². The summed E-state index contributed by atoms with van der Waals surface area (Å²) in [6.07, 6.45) is 10.4. The van der Waals surface area contributed by atoms with E-state index < -0.39 is 6.10 Å². The van der Waals surface area contributed by atoms with Crippen LogP contribution in [0.1, 0.15) is 24.6 Å². The first-order valence-electron chi connectivity index (χ1n) is 10.7. The van der Waals surface area contributed by atoms with Gasteiger partial charge in [0, 0.05) is 42.8 Å². The molecule has 4 N–H and O–H groups in total. The van der Waals surface area contributed by atoms with E-state index in [1.807, 2.05) is 18.2 Å². The predicted octanol–water partition coefficient (Wildman–Crippen LogP) is 3.31. The van der Waals surface area contributed by atoms with Crippen LogP contribution in [-0.4, -0.2) is 65.4 Å². The first-order valence-corrected chi connectivity index (χ1v) is 11.1. The monoisotopic (exact) mass is 440 g/mol. The Morgan fingerprint density at radius 3 is 3.03 bits per heavy atom. The molecule has 1 atom stereocenters. The summed E-state index contributed by atoms with van der Waals surface area (Å²) < 4.78 is 6.01. The molecule has 0 aliphatic heterocycles. The fourth-order valence-electron chi connectivity index (χ4n) is 3.60. The molecule has 166 valence electrons. The average molecular weight is 441 g/mol. The Kier molecular flexibility index (Phi) is 8.85. The number of ether oxygens (including phenoxy) is 1. The number of nitrogens with zero attached hydrogens (tertiary/aromatic N) is 1. The molecule has 1 unspecified atom stereocenters. The summed E-state index contributed by atoms with van der Waals surface area (Å²) in [5.74, 6) is 0.786. The Hall–Kier alpha value is -2.45. The number of aliphatic hydroxyl groups excluding tert-OH is 1. The van der Waals surface area contributed by atoms with Gasteiger partial charge in [0.1, 0.15) is 18.5 Å². The van der Waals surface area contributed by atoms with Gasteiger partial charge in [0.15, 0.2) is 0 Å². The normalized spacial score (nSPS) is 13.8. The zero-order valence-electron chi connectivity index (χ0n) is 18.1. The second kappa shape index (κ2) is 11.8. The Morgan fingerprint density at radius 2 is 2.23 bits per heavy atom. The van der Waals surface area contributed by atoms with Crippen LogP contribution in [0, 0.1) is 0 Å². The van der Waals surface area contributed by atoms with Gasteiger partial charge in [-0.25, -0.2) is 0 Å². The van der Waals surface area contributed by atoms with Gasteiger partial charge in [-0.1, -0.05) is 50.0 Å². The van der Waals surface area contributed by atoms with E-state index in [2.05, 4.69) is 58.3 Å². The number of allylic oxidation sites excluding steroid dienone is 2. The van der Waals surface area contributed by atoms with Crippen LogP contribution >= 0.6 is 12.2 Å². The topological polar surface area (TPSA) is 72.6 Å². The molecule has 0 saturated carbocycles. The van der Waals surface area contributed by atoms with E-state index in [1.54, 1.807) is 6.20 Å². The molecule has 31 heavy (non-hydrogen) atoms. The molecule has 3 rings (SSSR count). The molecule has 1 aliphatic carbocycles. The number of aromatic amines is 1. The third-order valence-corrected chi connectivity index (χ3v) is 5.44. The largest absolute Gasteiger partial charge is 0.490 e. The van der Waals surface area contributed by atoms with E-state index in [-0.39, 0.29) is 6.61 Å². The molecule has 0 saturated heterocycles. The van der Waals surface area contributed by atoms with Gasteiger partial charge in [-0.05, 0) is 37.4 Å². The van der Waals surface area contributed by atoms with E-state index in [4.69, 9.17) is 17.0 Å². The molecule has 1 aromatic carbocycles. The number of nitrogens with one attached hydrogen (secondary N) is 3. The Morgan fingerprint density at radius 1 is 1.39 bits per heavy atom. The van der Waals surface area contributed by atoms with Gasteiger partial charge < -0.3 is 25.5 Å². The van der Waals surface area contributed by atoms with Gasteiger partial charge in [0.2, 0.25) is 0 Å². The third kappa shape index (κ3) is 6.51. The van der Waals surface area contributed by atoms with Gasteiger partial charge in [-0.15, -0.1) is 0 Å². The minimum Gasteiger partial charge on any atom is -0.490 e. The fourth-order valence-corrected chi connectivity index (χ4v) is 3.86. The van der Waals surface area contributed by atoms with Crippen molar-refractivity contribution in [3.63, 3.8) is 0 Å². The van der Waals surface area contributed by atoms with Crippen molar-refractivity contribution >= 4 is 40.3 Å². The average Bonchev–Trinajstić information content (AvgIpc) is 2.96. The standard InChI is InChI=1S/C24H32N4O2S/c1-3-26-23(31)16-28(4-2)14-13-25-15-18(29)17-30-22-12-8-11-21-24(22)19-9-6-5-7-10-20(19)27-21/h3,6-12,18,25,27,29H,1,4-5,13-17H2,2H3,(H,26,31). The molecule has 0 radical (unpaired) electrons. The third-order valence-electron chi connectivity index (χ3n) is 5.19. The van der Waals surface area contributed by atoms with Gasteiger partial charge >= 0.3 is 0 Å². The molecule has 2 aromatic rings. The quantitative estimate of drug-likeness (QED) is 0.300. The van der Waals surface area contributed by atoms with Crippen LogP contribution in [0.2, 0.25) is 0 Å². The summed E-state index contributed by atoms with van der Waals surface area (Å²) in [5.41, 5.74) is 3.26. The maximum absolute atomic E-state index is 10.4. The maximum atomic E-state index is 10.4. The second-order valence-corrected chi connectivity index (χ2v) is 7.97. The minimum atomic E-state index is -0.596. The molecule has 1 aliphatic rings. The van der Waals surface area contributed by atoms with Crippen molar-refractivity contribution in [3.05, 3.63) is 54.4 Å². The SMILES string of the molecule is C=CNC(=S)CN(CC)CCNCC(O)COc1cccc2[nH]c3c(c12)C=CCC=C3. The number of hydrogen-bond acceptors (Lipinski definition) is 5. The zero-order valence-corrected chi connectivity index (χ0v) is 18.9. The van der Waals surface area contributed by atoms with Crippen molar-refractivity contribution in [2.75, 3.05) is 39.3 Å². The molecule has 0 fully saturated rings. The number of fused-ring (bicyclic) bond motifs is 3. The second-order valence-electron chi connectivity index (χ2n) is 7.48. The van der Waals surface area contributed by atoms with Crippen LogP contribution in [0.5, 0.6) is 5.75 Å². The van der Waals surface area contributed by atoms with Crippen molar-refractivity contribution in [3.8, 4) is 5.75 Å². The highest BCUT2D eigenvalue weighted by atomic mass is 32.1. The van der Waals surface area contributed by atoms with Crippen LogP contribution in [0.15, 0.2) is 43.1 Å². The van der Waals surface area contributed by atoms with Crippen LogP contribution in [0.25, 0.3) is 23.1 Å². The van der Waals surface area contributed by atoms with Gasteiger partial charge in [0.25, 0.3) is 0 Å². The lowest BCUT2D eigenvalue weighted by molar-refractivity contribution is 0.106. The van der Waals surface area contributed by atoms with E-state index in [0.717, 1.165) is 59.0 Å². The van der Waals surface area contributed by atoms with Gasteiger partial charge in [0.05, 0.1) is 10.5 Å². The number of hydrogen-bond donors (Lipinski definition) is 4. The van der Waals surface area contributed by atoms with Crippen LogP contribution in [0.3, 0.4) is 0 Å². The van der Waals surface area contributed by atoms with E-state index in [9.17, 15) is 5.11 Å². The van der Waals surface area contributed by atoms with Gasteiger partial charge in [-0.3, -0.25) is 4.90 Å². The van der Waals surface area contributed by atoms with Crippen molar-refractivity contribution < 1.29 is 9.84 Å². The number of H-pyrrole nitrogens is 1. The molecule has 7 heteroatoms. The highest BCUT2D eigenvalue weighted by Gasteiger charge is 2.14. The van der Waals surface area contributed by atoms with Crippen LogP contribution in [-0.2, 0) is 0 Å². The number of thiocarbonyl (C=S) groups is 1. The summed E-state index contributed by atoms with van der Waals surface area (Å²) in [4.78, 5) is 6.43. The smallest absolute Gasteiger partial charge is 0.129 e.